The van der Waals surface area contributed by atoms with Crippen LogP contribution in [0.2, 0.25) is 0 Å². The fourth-order valence-corrected chi connectivity index (χ4v) is 1.55. The third-order valence-corrected chi connectivity index (χ3v) is 2.40. The van der Waals surface area contributed by atoms with Gasteiger partial charge in [-0.05, 0) is 13.0 Å². The van der Waals surface area contributed by atoms with E-state index >= 15 is 0 Å². The van der Waals surface area contributed by atoms with Gasteiger partial charge in [0.2, 0.25) is 0 Å². The van der Waals surface area contributed by atoms with Gasteiger partial charge in [-0.1, -0.05) is 0 Å². The number of non-ortho nitro benzene ring substituents is 1. The molecule has 0 radical (unpaired) electrons. The van der Waals surface area contributed by atoms with Crippen LogP contribution in [0.15, 0.2) is 18.2 Å². The van der Waals surface area contributed by atoms with Crippen LogP contribution in [0.1, 0.15) is 6.92 Å². The van der Waals surface area contributed by atoms with Crippen molar-refractivity contribution in [1.82, 2.24) is 0 Å². The molecule has 0 aliphatic carbocycles. The summed E-state index contributed by atoms with van der Waals surface area (Å²) in [5, 5.41) is 19.3. The Balaban J connectivity index is 2.93. The van der Waals surface area contributed by atoms with Gasteiger partial charge in [0.15, 0.2) is 0 Å². The average molecular weight is 234 g/mol. The molecule has 0 saturated carbocycles. The van der Waals surface area contributed by atoms with Gasteiger partial charge in [-0.3, -0.25) is 10.1 Å². The molecule has 0 bridgehead atoms. The van der Waals surface area contributed by atoms with E-state index in [-0.39, 0.29) is 11.6 Å². The Labute approximate surface area is 99.4 Å². The van der Waals surface area contributed by atoms with Gasteiger partial charge in [0.05, 0.1) is 28.3 Å². The van der Waals surface area contributed by atoms with Gasteiger partial charge >= 0.3 is 0 Å². The van der Waals surface area contributed by atoms with Crippen molar-refractivity contribution in [3.8, 4) is 6.07 Å². The van der Waals surface area contributed by atoms with Crippen molar-refractivity contribution in [1.29, 1.82) is 5.26 Å². The number of nitro benzene ring substituents is 1. The number of hydrogen-bond donors (Lipinski definition) is 1. The van der Waals surface area contributed by atoms with Gasteiger partial charge in [0.25, 0.3) is 5.69 Å². The van der Waals surface area contributed by atoms with E-state index in [0.29, 0.717) is 17.9 Å². The van der Waals surface area contributed by atoms with Crippen LogP contribution in [0.4, 0.5) is 17.1 Å². The summed E-state index contributed by atoms with van der Waals surface area (Å²) in [6, 6.07) is 6.44. The second-order valence-electron chi connectivity index (χ2n) is 3.91. The third kappa shape index (κ3) is 3.08. The topological polar surface area (TPSA) is 96.2 Å². The number of nitriles is 1. The zero-order chi connectivity index (χ0) is 13.0. The fraction of sp³-hybridized carbons (Fsp3) is 0.364. The number of nitro groups is 1. The van der Waals surface area contributed by atoms with Crippen LogP contribution < -0.4 is 10.6 Å². The number of nitrogens with two attached hydrogens (primary N) is 1. The van der Waals surface area contributed by atoms with Gasteiger partial charge < -0.3 is 10.6 Å². The van der Waals surface area contributed by atoms with Gasteiger partial charge in [-0.2, -0.15) is 5.26 Å². The van der Waals surface area contributed by atoms with E-state index in [4.69, 9.17) is 11.0 Å². The Kier molecular flexibility index (Phi) is 3.88. The fourth-order valence-electron chi connectivity index (χ4n) is 1.55. The van der Waals surface area contributed by atoms with Crippen LogP contribution in [0.25, 0.3) is 0 Å². The lowest BCUT2D eigenvalue weighted by Gasteiger charge is -2.21. The molecule has 0 heterocycles. The smallest absolute Gasteiger partial charge is 0.271 e. The molecule has 0 fully saturated rings. The highest BCUT2D eigenvalue weighted by atomic mass is 16.6. The molecule has 1 aromatic carbocycles. The molecule has 6 heteroatoms. The minimum absolute atomic E-state index is 0.0343. The molecule has 1 unspecified atom stereocenters. The van der Waals surface area contributed by atoms with Crippen molar-refractivity contribution < 1.29 is 4.92 Å². The Morgan fingerprint density at radius 2 is 2.29 bits per heavy atom. The lowest BCUT2D eigenvalue weighted by atomic mass is 10.1. The molecule has 1 atom stereocenters. The van der Waals surface area contributed by atoms with Gasteiger partial charge in [-0.15, -0.1) is 0 Å². The summed E-state index contributed by atoms with van der Waals surface area (Å²) in [4.78, 5) is 11.9. The van der Waals surface area contributed by atoms with Crippen LogP contribution in [0.3, 0.4) is 0 Å². The molecular weight excluding hydrogens is 220 g/mol. The van der Waals surface area contributed by atoms with Crippen molar-refractivity contribution in [3.05, 3.63) is 28.3 Å². The van der Waals surface area contributed by atoms with Crippen LogP contribution in [-0.2, 0) is 0 Å². The Morgan fingerprint density at radius 1 is 1.65 bits per heavy atom. The van der Waals surface area contributed by atoms with Gasteiger partial charge in [0.1, 0.15) is 0 Å². The molecule has 17 heavy (non-hydrogen) atoms. The van der Waals surface area contributed by atoms with Crippen LogP contribution in [-0.4, -0.2) is 18.5 Å². The Morgan fingerprint density at radius 3 is 2.76 bits per heavy atom. The number of benzene rings is 1. The van der Waals surface area contributed by atoms with E-state index < -0.39 is 4.92 Å². The van der Waals surface area contributed by atoms with Crippen molar-refractivity contribution in [3.63, 3.8) is 0 Å². The first kappa shape index (κ1) is 12.8. The van der Waals surface area contributed by atoms with Crippen molar-refractivity contribution >= 4 is 17.1 Å². The summed E-state index contributed by atoms with van der Waals surface area (Å²) < 4.78 is 0. The summed E-state index contributed by atoms with van der Waals surface area (Å²) >= 11 is 0. The zero-order valence-electron chi connectivity index (χ0n) is 9.75. The number of nitrogens with zero attached hydrogens (tertiary/aromatic N) is 3. The minimum atomic E-state index is -0.488. The van der Waals surface area contributed by atoms with Crippen LogP contribution >= 0.6 is 0 Å². The summed E-state index contributed by atoms with van der Waals surface area (Å²) in [6.07, 6.45) is 0. The first-order valence-electron chi connectivity index (χ1n) is 5.10. The van der Waals surface area contributed by atoms with Gasteiger partial charge in [-0.25, -0.2) is 0 Å². The van der Waals surface area contributed by atoms with E-state index in [2.05, 4.69) is 6.07 Å². The van der Waals surface area contributed by atoms with E-state index in [1.807, 2.05) is 4.90 Å². The van der Waals surface area contributed by atoms with E-state index in [9.17, 15) is 10.1 Å². The molecule has 2 N–H and O–H groups in total. The third-order valence-electron chi connectivity index (χ3n) is 2.40. The molecule has 0 spiro atoms. The van der Waals surface area contributed by atoms with E-state index in [1.54, 1.807) is 20.0 Å². The summed E-state index contributed by atoms with van der Waals surface area (Å²) in [5.41, 5.74) is 6.75. The molecule has 0 aromatic heterocycles. The molecule has 0 saturated heterocycles. The quantitative estimate of drug-likeness (QED) is 0.486. The molecule has 1 aromatic rings. The molecule has 0 aliphatic heterocycles. The molecular formula is C11H14N4O2. The number of rotatable bonds is 4. The highest BCUT2D eigenvalue weighted by Crippen LogP contribution is 2.27. The lowest BCUT2D eigenvalue weighted by Crippen LogP contribution is -2.24. The van der Waals surface area contributed by atoms with Crippen molar-refractivity contribution in [2.75, 3.05) is 24.2 Å². The number of hydrogen-bond acceptors (Lipinski definition) is 5. The largest absolute Gasteiger partial charge is 0.397 e. The second-order valence-corrected chi connectivity index (χ2v) is 3.91. The summed E-state index contributed by atoms with van der Waals surface area (Å²) in [6.45, 7) is 2.33. The van der Waals surface area contributed by atoms with Crippen molar-refractivity contribution in [2.24, 2.45) is 5.92 Å². The van der Waals surface area contributed by atoms with E-state index in [0.717, 1.165) is 0 Å². The van der Waals surface area contributed by atoms with Crippen molar-refractivity contribution in [2.45, 2.75) is 6.92 Å². The van der Waals surface area contributed by atoms with E-state index in [1.165, 1.54) is 12.1 Å². The average Bonchev–Trinajstić information content (AvgIpc) is 2.28. The molecule has 0 amide bonds. The predicted octanol–water partition coefficient (Wildman–Crippen LogP) is 1.77. The normalized spacial score (nSPS) is 11.6. The molecule has 90 valence electrons. The summed E-state index contributed by atoms with van der Waals surface area (Å²) in [7, 11) is 1.80. The standard InChI is InChI=1S/C11H14N4O2/c1-8(6-12)7-14(2)11-4-3-9(15(16)17)5-10(11)13/h3-5,8H,7,13H2,1-2H3. The van der Waals surface area contributed by atoms with Crippen LogP contribution in [0, 0.1) is 27.4 Å². The molecule has 1 rings (SSSR count). The minimum Gasteiger partial charge on any atom is -0.397 e. The number of anilines is 2. The Bertz CT molecular complexity index is 467. The predicted molar refractivity (Wildman–Crippen MR) is 65.6 cm³/mol. The SMILES string of the molecule is CC(C#N)CN(C)c1ccc([N+](=O)[O-])cc1N. The summed E-state index contributed by atoms with van der Waals surface area (Å²) in [5.74, 6) is -0.130. The van der Waals surface area contributed by atoms with Gasteiger partial charge in [0, 0.05) is 25.7 Å². The number of nitrogen functional groups attached to an aromatic ring is 1. The maximum Gasteiger partial charge on any atom is 0.271 e. The zero-order valence-corrected chi connectivity index (χ0v) is 9.75. The molecule has 0 aliphatic rings. The second kappa shape index (κ2) is 5.16. The monoisotopic (exact) mass is 234 g/mol. The highest BCUT2D eigenvalue weighted by Gasteiger charge is 2.13. The maximum absolute atomic E-state index is 10.6. The molecule has 6 nitrogen and oxygen atoms in total. The maximum atomic E-state index is 10.6. The highest BCUT2D eigenvalue weighted by molar-refractivity contribution is 5.70. The lowest BCUT2D eigenvalue weighted by molar-refractivity contribution is -0.384. The Hall–Kier alpha value is -2.29. The van der Waals surface area contributed by atoms with Crippen LogP contribution in [0.5, 0.6) is 0 Å². The first-order chi connectivity index (χ1) is 7.95. The first-order valence-corrected chi connectivity index (χ1v) is 5.10.